The average Bonchev–Trinajstić information content (AvgIpc) is 3.17. The van der Waals surface area contributed by atoms with Crippen molar-refractivity contribution < 1.29 is 6.15 Å². The van der Waals surface area contributed by atoms with Gasteiger partial charge in [0.25, 0.3) is 0 Å². The van der Waals surface area contributed by atoms with Crippen LogP contribution in [0.3, 0.4) is 0 Å². The summed E-state index contributed by atoms with van der Waals surface area (Å²) in [5.74, 6) is 0. The quantitative estimate of drug-likeness (QED) is 0.185. The van der Waals surface area contributed by atoms with Gasteiger partial charge in [-0.05, 0) is 0 Å². The van der Waals surface area contributed by atoms with E-state index < -0.39 is 19.2 Å². The van der Waals surface area contributed by atoms with Crippen molar-refractivity contribution in [3.63, 3.8) is 0 Å². The molecule has 1 aliphatic heterocycles. The molecule has 0 fully saturated rings. The van der Waals surface area contributed by atoms with E-state index in [2.05, 4.69) is 121 Å². The molecule has 1 aliphatic rings. The van der Waals surface area contributed by atoms with Gasteiger partial charge in [-0.15, -0.1) is 0 Å². The number of benzene rings is 6. The molecular weight excluding hydrogens is 583 g/mol. The van der Waals surface area contributed by atoms with Crippen LogP contribution < -0.4 is 0 Å². The fraction of sp³-hybridized carbons (Fsp3) is 0.111. The summed E-state index contributed by atoms with van der Waals surface area (Å²) in [5.41, 5.74) is 10.4. The first-order chi connectivity index (χ1) is 19.2. The van der Waals surface area contributed by atoms with Gasteiger partial charge >= 0.3 is 236 Å². The van der Waals surface area contributed by atoms with Crippen LogP contribution in [0.4, 0.5) is 0 Å². The molecule has 0 saturated heterocycles. The molecular formula is C36H30O2Sn. The van der Waals surface area contributed by atoms with E-state index in [-0.39, 0.29) is 0 Å². The van der Waals surface area contributed by atoms with Crippen molar-refractivity contribution in [3.8, 4) is 33.4 Å². The third kappa shape index (κ3) is 4.10. The molecule has 0 saturated carbocycles. The zero-order chi connectivity index (χ0) is 26.4. The Labute approximate surface area is 234 Å². The summed E-state index contributed by atoms with van der Waals surface area (Å²) in [6, 6.07) is 44.1. The van der Waals surface area contributed by atoms with Gasteiger partial charge < -0.3 is 0 Å². The van der Waals surface area contributed by atoms with Crippen LogP contribution in [0.2, 0.25) is 0 Å². The Morgan fingerprint density at radius 1 is 0.487 bits per heavy atom. The predicted molar refractivity (Wildman–Crippen MR) is 165 cm³/mol. The van der Waals surface area contributed by atoms with Crippen LogP contribution in [0.5, 0.6) is 0 Å². The van der Waals surface area contributed by atoms with Crippen molar-refractivity contribution in [3.05, 3.63) is 132 Å². The van der Waals surface area contributed by atoms with Crippen molar-refractivity contribution >= 4 is 40.8 Å². The number of fused-ring (bicyclic) bond motifs is 7. The summed E-state index contributed by atoms with van der Waals surface area (Å²) >= 11 is -3.65. The molecule has 39 heavy (non-hydrogen) atoms. The molecule has 2 nitrogen and oxygen atoms in total. The summed E-state index contributed by atoms with van der Waals surface area (Å²) in [7, 11) is 3.74. The maximum absolute atomic E-state index is 6.52. The third-order valence-corrected chi connectivity index (χ3v) is 17.7. The van der Waals surface area contributed by atoms with E-state index in [1.165, 1.54) is 66.1 Å². The Bertz CT molecular complexity index is 1690. The van der Waals surface area contributed by atoms with Crippen LogP contribution >= 0.6 is 0 Å². The molecule has 6 aromatic rings. The summed E-state index contributed by atoms with van der Waals surface area (Å²) in [6.07, 6.45) is 0. The number of hydrogen-bond acceptors (Lipinski definition) is 2. The predicted octanol–water partition coefficient (Wildman–Crippen LogP) is 8.91. The van der Waals surface area contributed by atoms with Crippen molar-refractivity contribution in [1.29, 1.82) is 0 Å². The first kappa shape index (κ1) is 24.6. The van der Waals surface area contributed by atoms with Crippen molar-refractivity contribution in [2.75, 3.05) is 14.2 Å². The Kier molecular flexibility index (Phi) is 6.27. The molecule has 0 aromatic heterocycles. The molecule has 0 N–H and O–H groups in total. The topological polar surface area (TPSA) is 18.5 Å². The zero-order valence-corrected chi connectivity index (χ0v) is 25.1. The fourth-order valence-electron chi connectivity index (χ4n) is 6.44. The fourth-order valence-corrected chi connectivity index (χ4v) is 14.1. The maximum atomic E-state index is 6.52. The van der Waals surface area contributed by atoms with Gasteiger partial charge in [0.15, 0.2) is 0 Å². The molecule has 0 amide bonds. The van der Waals surface area contributed by atoms with Crippen LogP contribution in [0.25, 0.3) is 54.9 Å². The van der Waals surface area contributed by atoms with Crippen LogP contribution in [-0.2, 0) is 15.0 Å². The normalized spacial score (nSPS) is 14.1. The minimum atomic E-state index is -3.65. The number of rotatable bonds is 4. The molecule has 7 rings (SSSR count). The summed E-state index contributed by atoms with van der Waals surface area (Å²) in [4.78, 5) is 0. The molecule has 6 aromatic carbocycles. The monoisotopic (exact) mass is 614 g/mol. The van der Waals surface area contributed by atoms with Crippen LogP contribution in [0.1, 0.15) is 11.1 Å². The minimum absolute atomic E-state index is 0.851. The van der Waals surface area contributed by atoms with Crippen LogP contribution in [0, 0.1) is 0 Å². The van der Waals surface area contributed by atoms with Gasteiger partial charge in [-0.1, -0.05) is 0 Å². The second-order valence-corrected chi connectivity index (χ2v) is 19.9. The zero-order valence-electron chi connectivity index (χ0n) is 22.3. The first-order valence-corrected chi connectivity index (χ1v) is 19.9. The van der Waals surface area contributed by atoms with Gasteiger partial charge in [-0.2, -0.15) is 0 Å². The molecule has 190 valence electrons. The van der Waals surface area contributed by atoms with Crippen molar-refractivity contribution in [2.45, 2.75) is 8.87 Å². The average molecular weight is 613 g/mol. The van der Waals surface area contributed by atoms with E-state index in [4.69, 9.17) is 6.15 Å². The molecule has 0 unspecified atom stereocenters. The first-order valence-electron chi connectivity index (χ1n) is 13.5. The van der Waals surface area contributed by atoms with E-state index in [0.29, 0.717) is 0 Å². The van der Waals surface area contributed by atoms with E-state index in [9.17, 15) is 0 Å². The summed E-state index contributed by atoms with van der Waals surface area (Å²) in [6.45, 7) is 0. The standard InChI is InChI=1S/C34H24.2CH3O.Sn/c1-23-31(25-13-5-3-6-14-25)21-27-17-9-11-19-29(27)33(23)34-24(2)32(26-15-7-4-8-16-26)22-28-18-10-12-20-30(28)34;2*1-2;/h3-22H,1-2H2;2*1H3;/q;2*-1;+2. The number of hydrogen-bond donors (Lipinski definition) is 0. The van der Waals surface area contributed by atoms with Gasteiger partial charge in [0.2, 0.25) is 0 Å². The SMILES string of the molecule is C[O][Sn]1([O]C)[CH2]c2c(-c3ccccc3)cc3ccccc3c2-c2c(c(-c3ccccc3)cc3ccccc23)[CH2]1. The molecule has 0 spiro atoms. The van der Waals surface area contributed by atoms with Crippen LogP contribution in [-0.4, -0.2) is 33.4 Å². The Morgan fingerprint density at radius 3 is 1.28 bits per heavy atom. The van der Waals surface area contributed by atoms with E-state index in [0.717, 1.165) is 8.87 Å². The van der Waals surface area contributed by atoms with E-state index in [1.54, 1.807) is 0 Å². The molecule has 0 aliphatic carbocycles. The van der Waals surface area contributed by atoms with Gasteiger partial charge in [0, 0.05) is 0 Å². The third-order valence-electron chi connectivity index (χ3n) is 8.37. The Morgan fingerprint density at radius 2 is 0.872 bits per heavy atom. The summed E-state index contributed by atoms with van der Waals surface area (Å²) < 4.78 is 14.7. The van der Waals surface area contributed by atoms with Crippen molar-refractivity contribution in [2.24, 2.45) is 0 Å². The molecule has 0 radical (unpaired) electrons. The molecule has 3 heteroatoms. The second kappa shape index (κ2) is 9.94. The molecule has 0 atom stereocenters. The Hall–Kier alpha value is -3.44. The van der Waals surface area contributed by atoms with E-state index in [1.807, 2.05) is 14.2 Å². The van der Waals surface area contributed by atoms with Gasteiger partial charge in [-0.3, -0.25) is 0 Å². The van der Waals surface area contributed by atoms with Gasteiger partial charge in [0.1, 0.15) is 0 Å². The summed E-state index contributed by atoms with van der Waals surface area (Å²) in [5, 5.41) is 5.09. The van der Waals surface area contributed by atoms with Crippen molar-refractivity contribution in [1.82, 2.24) is 0 Å². The van der Waals surface area contributed by atoms with Gasteiger partial charge in [-0.25, -0.2) is 0 Å². The van der Waals surface area contributed by atoms with Crippen LogP contribution in [0.15, 0.2) is 121 Å². The Balaban J connectivity index is 1.72. The van der Waals surface area contributed by atoms with E-state index >= 15 is 0 Å². The molecule has 1 heterocycles. The second-order valence-electron chi connectivity index (χ2n) is 10.4. The van der Waals surface area contributed by atoms with Gasteiger partial charge in [0.05, 0.1) is 0 Å². The molecule has 0 bridgehead atoms.